The summed E-state index contributed by atoms with van der Waals surface area (Å²) in [7, 11) is 3.30. The van der Waals surface area contributed by atoms with Crippen molar-refractivity contribution in [2.24, 2.45) is 5.41 Å². The third-order valence-corrected chi connectivity index (χ3v) is 4.96. The molecule has 0 heterocycles. The standard InChI is InChI=1S/C15H18Cl2N2O2/c1-14(9-15(14,16)17)13(21)18-11(12(20)19(2)3)10-7-5-4-6-8-10/h4-8,11H,9H2,1-3H3,(H,18,21)/t11-,14-/m1/s1. The number of carbonyl (C=O) groups is 2. The molecule has 1 N–H and O–H groups in total. The van der Waals surface area contributed by atoms with Crippen molar-refractivity contribution in [1.29, 1.82) is 0 Å². The van der Waals surface area contributed by atoms with Gasteiger partial charge in [0, 0.05) is 14.1 Å². The summed E-state index contributed by atoms with van der Waals surface area (Å²) in [4.78, 5) is 26.2. The van der Waals surface area contributed by atoms with E-state index in [4.69, 9.17) is 23.2 Å². The molecule has 0 saturated heterocycles. The molecule has 2 rings (SSSR count). The number of amides is 2. The van der Waals surface area contributed by atoms with Gasteiger partial charge in [0.1, 0.15) is 10.4 Å². The van der Waals surface area contributed by atoms with Gasteiger partial charge < -0.3 is 10.2 Å². The van der Waals surface area contributed by atoms with Crippen molar-refractivity contribution in [3.05, 3.63) is 35.9 Å². The molecule has 6 heteroatoms. The van der Waals surface area contributed by atoms with Gasteiger partial charge in [0.25, 0.3) is 0 Å². The Balaban J connectivity index is 2.22. The summed E-state index contributed by atoms with van der Waals surface area (Å²) < 4.78 is -1.06. The summed E-state index contributed by atoms with van der Waals surface area (Å²) in [6, 6.07) is 8.36. The summed E-state index contributed by atoms with van der Waals surface area (Å²) in [5.41, 5.74) is -0.126. The van der Waals surface area contributed by atoms with Crippen LogP contribution in [0.25, 0.3) is 0 Å². The number of likely N-dealkylation sites (N-methyl/N-ethyl adjacent to an activating group) is 1. The molecule has 1 aliphatic carbocycles. The molecule has 1 aromatic carbocycles. The first-order chi connectivity index (χ1) is 9.69. The number of alkyl halides is 2. The smallest absolute Gasteiger partial charge is 0.249 e. The lowest BCUT2D eigenvalue weighted by atomic mass is 10.0. The van der Waals surface area contributed by atoms with Crippen molar-refractivity contribution < 1.29 is 9.59 Å². The van der Waals surface area contributed by atoms with Crippen molar-refractivity contribution in [3.63, 3.8) is 0 Å². The number of carbonyl (C=O) groups excluding carboxylic acids is 2. The predicted octanol–water partition coefficient (Wildman–Crippen LogP) is 2.52. The molecule has 0 unspecified atom stereocenters. The van der Waals surface area contributed by atoms with Gasteiger partial charge in [0.15, 0.2) is 0 Å². The number of nitrogens with one attached hydrogen (secondary N) is 1. The molecule has 1 aromatic rings. The van der Waals surface area contributed by atoms with E-state index in [1.807, 2.05) is 18.2 Å². The SMILES string of the molecule is CN(C)C(=O)[C@H](NC(=O)[C@@]1(C)CC1(Cl)Cl)c1ccccc1. The first-order valence-corrected chi connectivity index (χ1v) is 7.39. The topological polar surface area (TPSA) is 49.4 Å². The number of hydrogen-bond acceptors (Lipinski definition) is 2. The van der Waals surface area contributed by atoms with Gasteiger partial charge in [-0.3, -0.25) is 9.59 Å². The van der Waals surface area contributed by atoms with E-state index in [0.29, 0.717) is 6.42 Å². The summed E-state index contributed by atoms with van der Waals surface area (Å²) in [6.07, 6.45) is 0.382. The van der Waals surface area contributed by atoms with Gasteiger partial charge in [-0.1, -0.05) is 30.3 Å². The average Bonchev–Trinajstić information content (AvgIpc) is 2.96. The maximum absolute atomic E-state index is 12.4. The molecule has 114 valence electrons. The van der Waals surface area contributed by atoms with E-state index in [-0.39, 0.29) is 11.8 Å². The van der Waals surface area contributed by atoms with Crippen LogP contribution < -0.4 is 5.32 Å². The van der Waals surface area contributed by atoms with Crippen molar-refractivity contribution in [1.82, 2.24) is 10.2 Å². The predicted molar refractivity (Wildman–Crippen MR) is 83.2 cm³/mol. The van der Waals surface area contributed by atoms with Crippen LogP contribution in [0.2, 0.25) is 0 Å². The molecule has 0 bridgehead atoms. The molecule has 1 aliphatic rings. The molecule has 0 spiro atoms. The minimum atomic E-state index is -1.06. The molecular weight excluding hydrogens is 311 g/mol. The minimum Gasteiger partial charge on any atom is -0.347 e. The molecule has 0 aromatic heterocycles. The van der Waals surface area contributed by atoms with Gasteiger partial charge in [-0.15, -0.1) is 23.2 Å². The highest BCUT2D eigenvalue weighted by Crippen LogP contribution is 2.63. The van der Waals surface area contributed by atoms with Crippen molar-refractivity contribution in [3.8, 4) is 0 Å². The summed E-state index contributed by atoms with van der Waals surface area (Å²) >= 11 is 12.0. The Morgan fingerprint density at radius 3 is 2.19 bits per heavy atom. The molecule has 21 heavy (non-hydrogen) atoms. The van der Waals surface area contributed by atoms with Gasteiger partial charge in [-0.05, 0) is 18.9 Å². The summed E-state index contributed by atoms with van der Waals surface area (Å²) in [5, 5.41) is 2.77. The molecule has 2 atom stereocenters. The Labute approximate surface area is 134 Å². The molecule has 2 amide bonds. The Bertz CT molecular complexity index is 560. The van der Waals surface area contributed by atoms with Crippen LogP contribution in [0.1, 0.15) is 24.9 Å². The van der Waals surface area contributed by atoms with Crippen molar-refractivity contribution in [2.75, 3.05) is 14.1 Å². The van der Waals surface area contributed by atoms with E-state index in [9.17, 15) is 9.59 Å². The Hall–Kier alpha value is -1.26. The van der Waals surface area contributed by atoms with Gasteiger partial charge in [0.05, 0.1) is 5.41 Å². The van der Waals surface area contributed by atoms with E-state index in [1.165, 1.54) is 4.90 Å². The van der Waals surface area contributed by atoms with Gasteiger partial charge in [-0.2, -0.15) is 0 Å². The van der Waals surface area contributed by atoms with E-state index in [2.05, 4.69) is 5.32 Å². The fourth-order valence-electron chi connectivity index (χ4n) is 2.13. The highest BCUT2D eigenvalue weighted by Gasteiger charge is 2.68. The molecule has 0 aliphatic heterocycles. The van der Waals surface area contributed by atoms with E-state index < -0.39 is 15.8 Å². The highest BCUT2D eigenvalue weighted by molar-refractivity contribution is 6.53. The number of hydrogen-bond donors (Lipinski definition) is 1. The zero-order valence-corrected chi connectivity index (χ0v) is 13.7. The van der Waals surface area contributed by atoms with E-state index in [0.717, 1.165) is 5.56 Å². The van der Waals surface area contributed by atoms with Crippen LogP contribution in [0.15, 0.2) is 30.3 Å². The number of benzene rings is 1. The molecular formula is C15H18Cl2N2O2. The largest absolute Gasteiger partial charge is 0.347 e. The molecule has 1 saturated carbocycles. The second-order valence-corrected chi connectivity index (χ2v) is 7.25. The maximum Gasteiger partial charge on any atom is 0.249 e. The summed E-state index contributed by atoms with van der Waals surface area (Å²) in [5.74, 6) is -0.509. The Kier molecular flexibility index (Phi) is 4.22. The van der Waals surface area contributed by atoms with Gasteiger partial charge in [0.2, 0.25) is 11.8 Å². The number of halogens is 2. The van der Waals surface area contributed by atoms with Crippen LogP contribution in [0, 0.1) is 5.41 Å². The van der Waals surface area contributed by atoms with Crippen LogP contribution in [0.3, 0.4) is 0 Å². The molecule has 0 radical (unpaired) electrons. The van der Waals surface area contributed by atoms with Gasteiger partial charge in [-0.25, -0.2) is 0 Å². The Morgan fingerprint density at radius 1 is 1.24 bits per heavy atom. The lowest BCUT2D eigenvalue weighted by molar-refractivity contribution is -0.136. The van der Waals surface area contributed by atoms with E-state index >= 15 is 0 Å². The monoisotopic (exact) mass is 328 g/mol. The van der Waals surface area contributed by atoms with Gasteiger partial charge >= 0.3 is 0 Å². The maximum atomic E-state index is 12.4. The Morgan fingerprint density at radius 2 is 1.76 bits per heavy atom. The number of nitrogens with zero attached hydrogens (tertiary/aromatic N) is 1. The first kappa shape index (κ1) is 16.1. The average molecular weight is 329 g/mol. The van der Waals surface area contributed by atoms with Crippen molar-refractivity contribution >= 4 is 35.0 Å². The third kappa shape index (κ3) is 3.01. The van der Waals surface area contributed by atoms with E-state index in [1.54, 1.807) is 33.2 Å². The quantitative estimate of drug-likeness (QED) is 0.863. The molecule has 1 fully saturated rings. The van der Waals surface area contributed by atoms with Crippen molar-refractivity contribution in [2.45, 2.75) is 23.7 Å². The van der Waals surface area contributed by atoms with Crippen LogP contribution in [0.4, 0.5) is 0 Å². The lowest BCUT2D eigenvalue weighted by Crippen LogP contribution is -2.43. The highest BCUT2D eigenvalue weighted by atomic mass is 35.5. The van der Waals surface area contributed by atoms with Crippen LogP contribution in [-0.4, -0.2) is 35.1 Å². The van der Waals surface area contributed by atoms with Crippen LogP contribution in [0.5, 0.6) is 0 Å². The van der Waals surface area contributed by atoms with Crippen LogP contribution in [-0.2, 0) is 9.59 Å². The zero-order chi connectivity index (χ0) is 15.8. The normalized spacial score (nSPS) is 24.0. The molecule has 4 nitrogen and oxygen atoms in total. The minimum absolute atomic E-state index is 0.200. The third-order valence-electron chi connectivity index (χ3n) is 3.86. The lowest BCUT2D eigenvalue weighted by Gasteiger charge is -2.24. The fourth-order valence-corrected chi connectivity index (χ4v) is 2.83. The second kappa shape index (κ2) is 5.50. The first-order valence-electron chi connectivity index (χ1n) is 6.64. The fraction of sp³-hybridized carbons (Fsp3) is 0.467. The zero-order valence-electron chi connectivity index (χ0n) is 12.2. The summed E-state index contributed by atoms with van der Waals surface area (Å²) in [6.45, 7) is 1.70. The second-order valence-electron chi connectivity index (χ2n) is 5.76. The van der Waals surface area contributed by atoms with Crippen LogP contribution >= 0.6 is 23.2 Å². The number of rotatable bonds is 4.